The van der Waals surface area contributed by atoms with Crippen LogP contribution in [0.15, 0.2) is 40.2 Å². The molecule has 100 valence electrons. The number of anilines is 1. The monoisotopic (exact) mass is 336 g/mol. The van der Waals surface area contributed by atoms with Gasteiger partial charge in [-0.1, -0.05) is 22.0 Å². The molecule has 0 bridgehead atoms. The molecule has 3 rings (SSSR count). The minimum absolute atomic E-state index is 0.587. The van der Waals surface area contributed by atoms with Gasteiger partial charge in [-0.15, -0.1) is 11.3 Å². The molecule has 0 spiro atoms. The summed E-state index contributed by atoms with van der Waals surface area (Å²) in [5.74, 6) is 0. The quantitative estimate of drug-likeness (QED) is 0.889. The van der Waals surface area contributed by atoms with Gasteiger partial charge < -0.3 is 10.6 Å². The molecule has 2 aromatic rings. The molecule has 1 aromatic heterocycles. The van der Waals surface area contributed by atoms with Gasteiger partial charge in [-0.3, -0.25) is 0 Å². The molecule has 4 heteroatoms. The molecular weight excluding hydrogens is 320 g/mol. The molecule has 0 unspecified atom stereocenters. The number of hydrogen-bond donors (Lipinski definition) is 1. The first-order chi connectivity index (χ1) is 9.26. The van der Waals surface area contributed by atoms with Gasteiger partial charge in [-0.05, 0) is 48.1 Å². The van der Waals surface area contributed by atoms with Crippen molar-refractivity contribution in [2.24, 2.45) is 5.73 Å². The van der Waals surface area contributed by atoms with Crippen molar-refractivity contribution in [2.75, 3.05) is 4.90 Å². The maximum Gasteiger partial charge on any atom is 0.0525 e. The molecule has 1 saturated carbocycles. The molecule has 1 aliphatic rings. The van der Waals surface area contributed by atoms with Crippen LogP contribution in [0.5, 0.6) is 0 Å². The van der Waals surface area contributed by atoms with Gasteiger partial charge in [0.25, 0.3) is 0 Å². The molecule has 2 N–H and O–H groups in total. The Balaban J connectivity index is 1.89. The second-order valence-corrected chi connectivity index (χ2v) is 6.91. The Morgan fingerprint density at radius 3 is 2.79 bits per heavy atom. The highest BCUT2D eigenvalue weighted by molar-refractivity contribution is 9.10. The molecule has 1 heterocycles. The van der Waals surface area contributed by atoms with Gasteiger partial charge in [0.15, 0.2) is 0 Å². The van der Waals surface area contributed by atoms with Crippen LogP contribution in [0.2, 0.25) is 0 Å². The summed E-state index contributed by atoms with van der Waals surface area (Å²) in [6.07, 6.45) is 2.60. The molecule has 1 aromatic carbocycles. The van der Waals surface area contributed by atoms with Crippen molar-refractivity contribution in [3.8, 4) is 0 Å². The maximum absolute atomic E-state index is 5.78. The summed E-state index contributed by atoms with van der Waals surface area (Å²) in [5, 5.41) is 2.15. The molecule has 0 saturated heterocycles. The SMILES string of the molecule is NCc1cc(Br)cc(N(Cc2cccs2)C2CC2)c1. The highest BCUT2D eigenvalue weighted by atomic mass is 79.9. The molecule has 1 fully saturated rings. The fourth-order valence-corrected chi connectivity index (χ4v) is 3.54. The van der Waals surface area contributed by atoms with Crippen LogP contribution in [-0.2, 0) is 13.1 Å². The lowest BCUT2D eigenvalue weighted by Gasteiger charge is -2.25. The summed E-state index contributed by atoms with van der Waals surface area (Å²) in [6.45, 7) is 1.59. The van der Waals surface area contributed by atoms with Gasteiger partial charge in [-0.2, -0.15) is 0 Å². The molecule has 0 aliphatic heterocycles. The van der Waals surface area contributed by atoms with Gasteiger partial charge in [0.1, 0.15) is 0 Å². The van der Waals surface area contributed by atoms with E-state index in [9.17, 15) is 0 Å². The van der Waals surface area contributed by atoms with E-state index in [2.05, 4.69) is 56.5 Å². The minimum atomic E-state index is 0.587. The normalized spacial score (nSPS) is 14.6. The third-order valence-electron chi connectivity index (χ3n) is 3.40. The van der Waals surface area contributed by atoms with Crippen LogP contribution in [0.3, 0.4) is 0 Å². The van der Waals surface area contributed by atoms with Crippen LogP contribution >= 0.6 is 27.3 Å². The van der Waals surface area contributed by atoms with Gasteiger partial charge in [-0.25, -0.2) is 0 Å². The van der Waals surface area contributed by atoms with E-state index in [-0.39, 0.29) is 0 Å². The largest absolute Gasteiger partial charge is 0.363 e. The number of halogens is 1. The number of benzene rings is 1. The number of thiophene rings is 1. The first-order valence-corrected chi connectivity index (χ1v) is 8.22. The van der Waals surface area contributed by atoms with E-state index >= 15 is 0 Å². The van der Waals surface area contributed by atoms with Crippen molar-refractivity contribution < 1.29 is 0 Å². The van der Waals surface area contributed by atoms with Crippen molar-refractivity contribution >= 4 is 33.0 Å². The molecule has 0 atom stereocenters. The minimum Gasteiger partial charge on any atom is -0.363 e. The Morgan fingerprint density at radius 1 is 1.32 bits per heavy atom. The van der Waals surface area contributed by atoms with E-state index in [4.69, 9.17) is 5.73 Å². The first-order valence-electron chi connectivity index (χ1n) is 6.55. The predicted molar refractivity (Wildman–Crippen MR) is 85.6 cm³/mol. The molecule has 0 amide bonds. The van der Waals surface area contributed by atoms with Crippen LogP contribution in [0.4, 0.5) is 5.69 Å². The van der Waals surface area contributed by atoms with Crippen LogP contribution < -0.4 is 10.6 Å². The zero-order valence-corrected chi connectivity index (χ0v) is 13.1. The predicted octanol–water partition coefficient (Wildman–Crippen LogP) is 4.14. The van der Waals surface area contributed by atoms with Gasteiger partial charge >= 0.3 is 0 Å². The molecule has 0 radical (unpaired) electrons. The fourth-order valence-electron chi connectivity index (χ4n) is 2.30. The highest BCUT2D eigenvalue weighted by Crippen LogP contribution is 2.35. The van der Waals surface area contributed by atoms with E-state index < -0.39 is 0 Å². The second kappa shape index (κ2) is 5.65. The summed E-state index contributed by atoms with van der Waals surface area (Å²) < 4.78 is 1.11. The Kier molecular flexibility index (Phi) is 3.91. The van der Waals surface area contributed by atoms with Crippen molar-refractivity contribution in [3.63, 3.8) is 0 Å². The number of nitrogens with zero attached hydrogens (tertiary/aromatic N) is 1. The van der Waals surface area contributed by atoms with E-state index in [1.165, 1.54) is 29.0 Å². The maximum atomic E-state index is 5.78. The number of rotatable bonds is 5. The smallest absolute Gasteiger partial charge is 0.0525 e. The van der Waals surface area contributed by atoms with Crippen molar-refractivity contribution in [2.45, 2.75) is 32.0 Å². The highest BCUT2D eigenvalue weighted by Gasteiger charge is 2.29. The number of hydrogen-bond acceptors (Lipinski definition) is 3. The third kappa shape index (κ3) is 3.19. The Bertz CT molecular complexity index is 549. The van der Waals surface area contributed by atoms with Crippen LogP contribution in [0.1, 0.15) is 23.3 Å². The Morgan fingerprint density at radius 2 is 2.16 bits per heavy atom. The van der Waals surface area contributed by atoms with Crippen molar-refractivity contribution in [1.29, 1.82) is 0 Å². The molecular formula is C15H17BrN2S. The zero-order chi connectivity index (χ0) is 13.2. The Hall–Kier alpha value is -0.840. The van der Waals surface area contributed by atoms with E-state index in [0.29, 0.717) is 12.6 Å². The van der Waals surface area contributed by atoms with Crippen LogP contribution in [-0.4, -0.2) is 6.04 Å². The summed E-state index contributed by atoms with van der Waals surface area (Å²) in [5.41, 5.74) is 8.24. The number of nitrogens with two attached hydrogens (primary N) is 1. The lowest BCUT2D eigenvalue weighted by Crippen LogP contribution is -2.24. The summed E-state index contributed by atoms with van der Waals surface area (Å²) in [4.78, 5) is 3.93. The van der Waals surface area contributed by atoms with Crippen LogP contribution in [0, 0.1) is 0 Å². The van der Waals surface area contributed by atoms with Crippen molar-refractivity contribution in [3.05, 3.63) is 50.6 Å². The lowest BCUT2D eigenvalue weighted by atomic mass is 10.2. The van der Waals surface area contributed by atoms with Crippen molar-refractivity contribution in [1.82, 2.24) is 0 Å². The molecule has 2 nitrogen and oxygen atoms in total. The zero-order valence-electron chi connectivity index (χ0n) is 10.7. The summed E-state index contributed by atoms with van der Waals surface area (Å²) >= 11 is 5.42. The molecule has 1 aliphatic carbocycles. The first kappa shape index (κ1) is 13.2. The standard InChI is InChI=1S/C15H17BrN2S/c16-12-6-11(9-17)7-14(8-12)18(13-3-4-13)10-15-2-1-5-19-15/h1-2,5-8,13H,3-4,9-10,17H2. The topological polar surface area (TPSA) is 29.3 Å². The van der Waals surface area contributed by atoms with Gasteiger partial charge in [0.2, 0.25) is 0 Å². The van der Waals surface area contributed by atoms with Gasteiger partial charge in [0.05, 0.1) is 6.54 Å². The van der Waals surface area contributed by atoms with Crippen LogP contribution in [0.25, 0.3) is 0 Å². The lowest BCUT2D eigenvalue weighted by molar-refractivity contribution is 0.801. The summed E-state index contributed by atoms with van der Waals surface area (Å²) in [6, 6.07) is 11.5. The second-order valence-electron chi connectivity index (χ2n) is 4.96. The van der Waals surface area contributed by atoms with E-state index in [1.807, 2.05) is 11.3 Å². The van der Waals surface area contributed by atoms with Gasteiger partial charge in [0, 0.05) is 27.6 Å². The summed E-state index contributed by atoms with van der Waals surface area (Å²) in [7, 11) is 0. The fraction of sp³-hybridized carbons (Fsp3) is 0.333. The van der Waals surface area contributed by atoms with E-state index in [1.54, 1.807) is 0 Å². The molecule has 19 heavy (non-hydrogen) atoms. The average molecular weight is 337 g/mol. The van der Waals surface area contributed by atoms with E-state index in [0.717, 1.165) is 11.0 Å². The third-order valence-corrected chi connectivity index (χ3v) is 4.72. The average Bonchev–Trinajstić information content (AvgIpc) is 3.12. The Labute approximate surface area is 126 Å².